The average molecular weight is 370 g/mol. The van der Waals surface area contributed by atoms with Crippen molar-refractivity contribution in [3.8, 4) is 5.69 Å². The molecule has 1 saturated heterocycles. The van der Waals surface area contributed by atoms with E-state index in [1.807, 2.05) is 43.5 Å². The number of aromatic nitrogens is 2. The summed E-state index contributed by atoms with van der Waals surface area (Å²) in [5.41, 5.74) is 7.32. The molecule has 3 N–H and O–H groups in total. The van der Waals surface area contributed by atoms with Crippen molar-refractivity contribution in [1.29, 1.82) is 0 Å². The summed E-state index contributed by atoms with van der Waals surface area (Å²) in [6.45, 7) is 2.09. The minimum absolute atomic E-state index is 0.181. The van der Waals surface area contributed by atoms with Crippen LogP contribution in [-0.2, 0) is 5.41 Å². The van der Waals surface area contributed by atoms with Crippen molar-refractivity contribution in [2.24, 2.45) is 5.73 Å². The summed E-state index contributed by atoms with van der Waals surface area (Å²) in [4.78, 5) is 11.6. The van der Waals surface area contributed by atoms with Gasteiger partial charge in [0.2, 0.25) is 0 Å². The molecule has 0 spiro atoms. The third kappa shape index (κ3) is 3.19. The molecule has 140 valence electrons. The number of benzene rings is 2. The fourth-order valence-corrected chi connectivity index (χ4v) is 3.81. The van der Waals surface area contributed by atoms with Gasteiger partial charge in [-0.2, -0.15) is 5.10 Å². The molecule has 0 radical (unpaired) electrons. The zero-order valence-corrected chi connectivity index (χ0v) is 14.9. The summed E-state index contributed by atoms with van der Waals surface area (Å²) in [5, 5.41) is 8.11. The van der Waals surface area contributed by atoms with E-state index >= 15 is 0 Å². The van der Waals surface area contributed by atoms with Crippen LogP contribution in [0, 0.1) is 0 Å². The number of nitrogens with one attached hydrogen (secondary N) is 1. The van der Waals surface area contributed by atoms with E-state index in [1.54, 1.807) is 16.8 Å². The maximum atomic E-state index is 13.8. The van der Waals surface area contributed by atoms with Gasteiger partial charge in [-0.15, -0.1) is 0 Å². The van der Waals surface area contributed by atoms with E-state index in [9.17, 15) is 13.6 Å². The number of rotatable bonds is 3. The van der Waals surface area contributed by atoms with E-state index in [0.29, 0.717) is 17.6 Å². The maximum Gasteiger partial charge on any atom is 0.261 e. The minimum atomic E-state index is -2.71. The molecule has 0 saturated carbocycles. The van der Waals surface area contributed by atoms with Gasteiger partial charge in [0.1, 0.15) is 5.52 Å². The van der Waals surface area contributed by atoms with Gasteiger partial charge in [0.15, 0.2) is 0 Å². The lowest BCUT2D eigenvalue weighted by Crippen LogP contribution is -2.51. The molecule has 1 amide bonds. The smallest absolute Gasteiger partial charge is 0.261 e. The molecule has 1 fully saturated rings. The monoisotopic (exact) mass is 370 g/mol. The first-order valence-corrected chi connectivity index (χ1v) is 8.75. The Balaban J connectivity index is 1.68. The van der Waals surface area contributed by atoms with Crippen LogP contribution in [0.3, 0.4) is 0 Å². The molecular weight excluding hydrogens is 350 g/mol. The molecule has 2 heterocycles. The molecule has 1 aliphatic rings. The fraction of sp³-hybridized carbons (Fsp3) is 0.300. The second-order valence-corrected chi connectivity index (χ2v) is 7.43. The number of amides is 1. The molecule has 5 nitrogen and oxygen atoms in total. The van der Waals surface area contributed by atoms with E-state index in [0.717, 1.165) is 16.6 Å². The Labute approximate surface area is 155 Å². The van der Waals surface area contributed by atoms with Crippen LogP contribution < -0.4 is 11.1 Å². The molecule has 1 aliphatic heterocycles. The van der Waals surface area contributed by atoms with Crippen molar-refractivity contribution in [2.45, 2.75) is 24.7 Å². The van der Waals surface area contributed by atoms with Gasteiger partial charge in [-0.05, 0) is 23.8 Å². The summed E-state index contributed by atoms with van der Waals surface area (Å²) in [6, 6.07) is 12.7. The van der Waals surface area contributed by atoms with Gasteiger partial charge in [0.05, 0.1) is 17.8 Å². The second kappa shape index (κ2) is 6.13. The maximum absolute atomic E-state index is 13.8. The van der Waals surface area contributed by atoms with Crippen molar-refractivity contribution in [3.63, 3.8) is 0 Å². The zero-order chi connectivity index (χ0) is 19.2. The van der Waals surface area contributed by atoms with Crippen LogP contribution in [0.2, 0.25) is 0 Å². The molecule has 1 aromatic heterocycles. The summed E-state index contributed by atoms with van der Waals surface area (Å²) >= 11 is 0. The Morgan fingerprint density at radius 3 is 2.59 bits per heavy atom. The molecular formula is C20H20F2N4O. The van der Waals surface area contributed by atoms with Gasteiger partial charge in [-0.3, -0.25) is 4.79 Å². The van der Waals surface area contributed by atoms with Gasteiger partial charge in [0, 0.05) is 30.0 Å². The van der Waals surface area contributed by atoms with Crippen molar-refractivity contribution < 1.29 is 13.6 Å². The SMILES string of the molecule is C[C@@]1(c2ccc(-n3cc4cccc(C(N)=O)c4n3)cc2)CNCC(F)(F)C1. The number of hydrogen-bond donors (Lipinski definition) is 2. The Morgan fingerprint density at radius 2 is 1.93 bits per heavy atom. The Hall–Kier alpha value is -2.80. The number of carbonyl (C=O) groups is 1. The topological polar surface area (TPSA) is 72.9 Å². The van der Waals surface area contributed by atoms with Gasteiger partial charge < -0.3 is 11.1 Å². The molecule has 0 bridgehead atoms. The molecule has 1 atom stereocenters. The summed E-state index contributed by atoms with van der Waals surface area (Å²) in [6.07, 6.45) is 1.63. The van der Waals surface area contributed by atoms with Crippen LogP contribution in [-0.4, -0.2) is 34.7 Å². The highest BCUT2D eigenvalue weighted by molar-refractivity contribution is 6.04. The van der Waals surface area contributed by atoms with Crippen LogP contribution in [0.15, 0.2) is 48.7 Å². The molecule has 27 heavy (non-hydrogen) atoms. The number of halogens is 2. The molecule has 2 aromatic carbocycles. The second-order valence-electron chi connectivity index (χ2n) is 7.43. The van der Waals surface area contributed by atoms with E-state index in [1.165, 1.54) is 0 Å². The van der Waals surface area contributed by atoms with E-state index in [-0.39, 0.29) is 13.0 Å². The predicted octanol–water partition coefficient (Wildman–Crippen LogP) is 3.01. The number of primary amides is 1. The first kappa shape index (κ1) is 17.6. The van der Waals surface area contributed by atoms with Gasteiger partial charge in [0.25, 0.3) is 11.8 Å². The highest BCUT2D eigenvalue weighted by Crippen LogP contribution is 2.38. The number of carbonyl (C=O) groups excluding carboxylic acids is 1. The quantitative estimate of drug-likeness (QED) is 0.744. The van der Waals surface area contributed by atoms with Crippen molar-refractivity contribution in [2.75, 3.05) is 13.1 Å². The predicted molar refractivity (Wildman–Crippen MR) is 99.4 cm³/mol. The number of fused-ring (bicyclic) bond motifs is 1. The third-order valence-corrected chi connectivity index (χ3v) is 5.18. The van der Waals surface area contributed by atoms with E-state index < -0.39 is 17.2 Å². The Kier molecular flexibility index (Phi) is 3.99. The van der Waals surface area contributed by atoms with Crippen molar-refractivity contribution >= 4 is 16.8 Å². The summed E-state index contributed by atoms with van der Waals surface area (Å²) in [5.74, 6) is -3.24. The number of nitrogens with zero attached hydrogens (tertiary/aromatic N) is 2. The van der Waals surface area contributed by atoms with Gasteiger partial charge >= 0.3 is 0 Å². The first-order chi connectivity index (χ1) is 12.8. The van der Waals surface area contributed by atoms with Crippen LogP contribution >= 0.6 is 0 Å². The lowest BCUT2D eigenvalue weighted by atomic mass is 9.75. The lowest BCUT2D eigenvalue weighted by molar-refractivity contribution is -0.0449. The lowest BCUT2D eigenvalue weighted by Gasteiger charge is -2.39. The average Bonchev–Trinajstić information content (AvgIpc) is 3.04. The minimum Gasteiger partial charge on any atom is -0.366 e. The molecule has 0 unspecified atom stereocenters. The van der Waals surface area contributed by atoms with Crippen LogP contribution in [0.5, 0.6) is 0 Å². The van der Waals surface area contributed by atoms with Crippen LogP contribution in [0.1, 0.15) is 29.3 Å². The standard InChI is InChI=1S/C20H20F2N4O/c1-19(10-20(21,22)12-24-11-19)14-5-7-15(8-6-14)26-9-13-3-2-4-16(18(23)27)17(13)25-26/h2-9,24H,10-12H2,1H3,(H2,23,27)/t19-/m0/s1. The number of piperidine rings is 1. The first-order valence-electron chi connectivity index (χ1n) is 8.75. The fourth-order valence-electron chi connectivity index (χ4n) is 3.81. The normalized spacial score (nSPS) is 22.0. The Bertz CT molecular complexity index is 1010. The molecule has 3 aromatic rings. The highest BCUT2D eigenvalue weighted by atomic mass is 19.3. The van der Waals surface area contributed by atoms with E-state index in [4.69, 9.17) is 5.73 Å². The summed E-state index contributed by atoms with van der Waals surface area (Å²) < 4.78 is 29.3. The number of nitrogens with two attached hydrogens (primary N) is 1. The van der Waals surface area contributed by atoms with Crippen molar-refractivity contribution in [3.05, 3.63) is 59.8 Å². The van der Waals surface area contributed by atoms with E-state index in [2.05, 4.69) is 10.4 Å². The molecule has 0 aliphatic carbocycles. The van der Waals surface area contributed by atoms with Crippen LogP contribution in [0.4, 0.5) is 8.78 Å². The van der Waals surface area contributed by atoms with Gasteiger partial charge in [-0.1, -0.05) is 31.2 Å². The highest BCUT2D eigenvalue weighted by Gasteiger charge is 2.43. The third-order valence-electron chi connectivity index (χ3n) is 5.18. The molecule has 7 heteroatoms. The molecule has 4 rings (SSSR count). The van der Waals surface area contributed by atoms with Crippen LogP contribution in [0.25, 0.3) is 16.6 Å². The van der Waals surface area contributed by atoms with Gasteiger partial charge in [-0.25, -0.2) is 13.5 Å². The Morgan fingerprint density at radius 1 is 1.19 bits per heavy atom. The number of alkyl halides is 2. The van der Waals surface area contributed by atoms with Crippen molar-refractivity contribution in [1.82, 2.24) is 15.1 Å². The number of hydrogen-bond acceptors (Lipinski definition) is 3. The largest absolute Gasteiger partial charge is 0.366 e. The summed E-state index contributed by atoms with van der Waals surface area (Å²) in [7, 11) is 0. The zero-order valence-electron chi connectivity index (χ0n) is 14.9.